The van der Waals surface area contributed by atoms with E-state index in [4.69, 9.17) is 14.2 Å². The number of carbonyl (C=O) groups is 3. The van der Waals surface area contributed by atoms with Crippen molar-refractivity contribution in [2.24, 2.45) is 0 Å². The first-order valence-electron chi connectivity index (χ1n) is 26.7. The Labute approximate surface area is 395 Å². The molecule has 0 saturated heterocycles. The fourth-order valence-electron chi connectivity index (χ4n) is 7.91. The van der Waals surface area contributed by atoms with Gasteiger partial charge in [-0.2, -0.15) is 0 Å². The third kappa shape index (κ3) is 44.5. The van der Waals surface area contributed by atoms with E-state index in [-0.39, 0.29) is 36.2 Å². The van der Waals surface area contributed by atoms with Crippen LogP contribution >= 0.6 is 0 Å². The van der Waals surface area contributed by atoms with E-state index in [0.29, 0.717) is 19.3 Å². The highest BCUT2D eigenvalue weighted by Crippen LogP contribution is 2.16. The third-order valence-electron chi connectivity index (χ3n) is 12.0. The van der Waals surface area contributed by atoms with Crippen LogP contribution in [0.1, 0.15) is 239 Å². The molecule has 8 heteroatoms. The van der Waals surface area contributed by atoms with E-state index in [1.165, 1.54) is 128 Å². The topological polar surface area (TPSA) is 99.1 Å². The van der Waals surface area contributed by atoms with Crippen LogP contribution < -0.4 is 0 Å². The van der Waals surface area contributed by atoms with Gasteiger partial charge in [0, 0.05) is 19.3 Å². The first kappa shape index (κ1) is 61.3. The SMILES string of the molecule is CC/C=C/C/C=C/C/C=C/C/C=C/CCCCCCCCC(=O)OC(COCCC(C(=O)O)[N+](C)(C)C)COC(=O)CCCCCCCCCCCCCCCCCCCCCCC. The maximum Gasteiger partial charge on any atom is 0.362 e. The average Bonchev–Trinajstić information content (AvgIpc) is 3.26. The summed E-state index contributed by atoms with van der Waals surface area (Å²) < 4.78 is 17.4. The summed E-state index contributed by atoms with van der Waals surface area (Å²) in [5, 5.41) is 9.66. The van der Waals surface area contributed by atoms with Gasteiger partial charge in [0.05, 0.1) is 34.4 Å². The molecule has 0 aromatic rings. The zero-order chi connectivity index (χ0) is 47.0. The second-order valence-corrected chi connectivity index (χ2v) is 19.1. The van der Waals surface area contributed by atoms with Gasteiger partial charge in [-0.05, 0) is 51.4 Å². The van der Waals surface area contributed by atoms with Crippen molar-refractivity contribution >= 4 is 17.9 Å². The van der Waals surface area contributed by atoms with Gasteiger partial charge in [0.2, 0.25) is 0 Å². The van der Waals surface area contributed by atoms with Crippen molar-refractivity contribution in [3.05, 3.63) is 48.6 Å². The largest absolute Gasteiger partial charge is 0.477 e. The molecule has 0 aromatic heterocycles. The highest BCUT2D eigenvalue weighted by atomic mass is 16.6. The van der Waals surface area contributed by atoms with Crippen molar-refractivity contribution in [3.8, 4) is 0 Å². The van der Waals surface area contributed by atoms with Gasteiger partial charge in [0.15, 0.2) is 12.1 Å². The van der Waals surface area contributed by atoms with Crippen molar-refractivity contribution in [1.82, 2.24) is 0 Å². The Kier molecular flexibility index (Phi) is 44.8. The summed E-state index contributed by atoms with van der Waals surface area (Å²) in [5.41, 5.74) is 0. The molecule has 0 rings (SSSR count). The second kappa shape index (κ2) is 46.8. The smallest absolute Gasteiger partial charge is 0.362 e. The monoisotopic (exact) mass is 901 g/mol. The van der Waals surface area contributed by atoms with Crippen LogP contribution in [-0.2, 0) is 28.6 Å². The maximum absolute atomic E-state index is 12.8. The predicted octanol–water partition coefficient (Wildman–Crippen LogP) is 15.5. The molecule has 0 aliphatic carbocycles. The van der Waals surface area contributed by atoms with Crippen LogP contribution in [-0.4, -0.2) is 80.6 Å². The number of hydrogen-bond acceptors (Lipinski definition) is 6. The Balaban J connectivity index is 4.22. The minimum atomic E-state index is -0.876. The molecule has 0 aliphatic heterocycles. The molecule has 0 fully saturated rings. The molecule has 1 N–H and O–H groups in total. The lowest BCUT2D eigenvalue weighted by Gasteiger charge is -2.31. The van der Waals surface area contributed by atoms with Crippen LogP contribution in [0.15, 0.2) is 48.6 Å². The Hall–Kier alpha value is -2.71. The van der Waals surface area contributed by atoms with E-state index in [0.717, 1.165) is 77.0 Å². The number of esters is 2. The molecule has 372 valence electrons. The van der Waals surface area contributed by atoms with Crippen molar-refractivity contribution in [2.45, 2.75) is 251 Å². The zero-order valence-corrected chi connectivity index (χ0v) is 42.5. The summed E-state index contributed by atoms with van der Waals surface area (Å²) in [7, 11) is 5.54. The van der Waals surface area contributed by atoms with Crippen LogP contribution in [0.5, 0.6) is 0 Å². The van der Waals surface area contributed by atoms with E-state index in [9.17, 15) is 19.5 Å². The maximum atomic E-state index is 12.8. The second-order valence-electron chi connectivity index (χ2n) is 19.1. The van der Waals surface area contributed by atoms with Crippen LogP contribution in [0.3, 0.4) is 0 Å². The summed E-state index contributed by atoms with van der Waals surface area (Å²) in [4.78, 5) is 37.2. The number of rotatable bonds is 48. The number of nitrogens with zero attached hydrogens (tertiary/aromatic N) is 1. The van der Waals surface area contributed by atoms with Gasteiger partial charge >= 0.3 is 17.9 Å². The number of hydrogen-bond donors (Lipinski definition) is 1. The van der Waals surface area contributed by atoms with E-state index in [2.05, 4.69) is 62.5 Å². The van der Waals surface area contributed by atoms with Gasteiger partial charge in [-0.3, -0.25) is 9.59 Å². The number of unbranched alkanes of at least 4 members (excludes halogenated alkanes) is 26. The number of quaternary nitrogens is 1. The fraction of sp³-hybridized carbons (Fsp3) is 0.804. The van der Waals surface area contributed by atoms with Crippen LogP contribution in [0.25, 0.3) is 0 Å². The van der Waals surface area contributed by atoms with Crippen molar-refractivity contribution < 1.29 is 38.2 Å². The van der Waals surface area contributed by atoms with Crippen LogP contribution in [0.4, 0.5) is 0 Å². The first-order valence-corrected chi connectivity index (χ1v) is 26.7. The zero-order valence-electron chi connectivity index (χ0n) is 42.5. The van der Waals surface area contributed by atoms with Crippen molar-refractivity contribution in [2.75, 3.05) is 41.0 Å². The number of aliphatic carboxylic acids is 1. The average molecular weight is 901 g/mol. The van der Waals surface area contributed by atoms with Gasteiger partial charge in [-0.25, -0.2) is 4.79 Å². The number of carboxylic acids is 1. The number of likely N-dealkylation sites (N-methyl/N-ethyl adjacent to an activating group) is 1. The van der Waals surface area contributed by atoms with Crippen molar-refractivity contribution in [1.29, 1.82) is 0 Å². The number of carbonyl (C=O) groups excluding carboxylic acids is 2. The lowest BCUT2D eigenvalue weighted by molar-refractivity contribution is -0.887. The quantitative estimate of drug-likeness (QED) is 0.0281. The molecule has 8 nitrogen and oxygen atoms in total. The standard InChI is InChI=1S/C56H101NO7/c1-6-8-10-12-14-16-18-20-22-24-26-27-29-30-32-34-36-38-40-42-44-46-54(58)63-51-52(50-62-49-48-53(56(60)61)57(3,4)5)64-55(59)47-45-43-41-39-37-35-33-31-28-25-23-21-19-17-15-13-11-9-7-2/h9,11,15,17,21,23,28,31,52-53H,6-8,10,12-14,16,18-20,22,24-27,29-30,32-51H2,1-5H3/p+1/b11-9+,17-15+,23-21+,31-28+. The summed E-state index contributed by atoms with van der Waals surface area (Å²) in [6.45, 7) is 4.64. The Morgan fingerprint density at radius 3 is 1.30 bits per heavy atom. The molecule has 2 atom stereocenters. The van der Waals surface area contributed by atoms with Crippen molar-refractivity contribution in [3.63, 3.8) is 0 Å². The third-order valence-corrected chi connectivity index (χ3v) is 12.0. The molecule has 2 unspecified atom stereocenters. The van der Waals surface area contributed by atoms with Gasteiger partial charge in [0.25, 0.3) is 0 Å². The minimum absolute atomic E-state index is 0.0548. The van der Waals surface area contributed by atoms with Gasteiger partial charge < -0.3 is 23.8 Å². The van der Waals surface area contributed by atoms with Gasteiger partial charge in [-0.1, -0.05) is 217 Å². The molecule has 64 heavy (non-hydrogen) atoms. The number of allylic oxidation sites excluding steroid dienone is 8. The van der Waals surface area contributed by atoms with E-state index in [1.807, 2.05) is 21.1 Å². The van der Waals surface area contributed by atoms with E-state index >= 15 is 0 Å². The molecule has 0 spiro atoms. The Bertz CT molecular complexity index is 1190. The normalized spacial score (nSPS) is 13.2. The first-order chi connectivity index (χ1) is 31.1. The molecule has 0 bridgehead atoms. The van der Waals surface area contributed by atoms with E-state index in [1.54, 1.807) is 0 Å². The number of carboxylic acid groups (broad SMARTS) is 1. The van der Waals surface area contributed by atoms with Gasteiger partial charge in [0.1, 0.15) is 6.61 Å². The summed E-state index contributed by atoms with van der Waals surface area (Å²) >= 11 is 0. The van der Waals surface area contributed by atoms with Crippen LogP contribution in [0.2, 0.25) is 0 Å². The Morgan fingerprint density at radius 2 is 0.875 bits per heavy atom. The summed E-state index contributed by atoms with van der Waals surface area (Å²) in [6, 6.07) is -0.618. The molecular weight excluding hydrogens is 799 g/mol. The number of ether oxygens (including phenoxy) is 3. The summed E-state index contributed by atoms with van der Waals surface area (Å²) in [6.07, 6.45) is 57.3. The lowest BCUT2D eigenvalue weighted by Crippen LogP contribution is -2.50. The fourth-order valence-corrected chi connectivity index (χ4v) is 7.91. The van der Waals surface area contributed by atoms with Gasteiger partial charge in [-0.15, -0.1) is 0 Å². The highest BCUT2D eigenvalue weighted by Gasteiger charge is 2.31. The molecule has 0 amide bonds. The molecule has 0 radical (unpaired) electrons. The molecule has 0 saturated carbocycles. The lowest BCUT2D eigenvalue weighted by atomic mass is 10.0. The molecule has 0 heterocycles. The van der Waals surface area contributed by atoms with E-state index < -0.39 is 18.1 Å². The molecular formula is C56H102NO7+. The Morgan fingerprint density at radius 1 is 0.484 bits per heavy atom. The highest BCUT2D eigenvalue weighted by molar-refractivity contribution is 5.72. The molecule has 0 aromatic carbocycles. The summed E-state index contributed by atoms with van der Waals surface area (Å²) in [5.74, 6) is -1.47. The van der Waals surface area contributed by atoms with Crippen LogP contribution in [0, 0.1) is 0 Å². The minimum Gasteiger partial charge on any atom is -0.477 e. The molecule has 0 aliphatic rings. The predicted molar refractivity (Wildman–Crippen MR) is 271 cm³/mol.